The summed E-state index contributed by atoms with van der Waals surface area (Å²) in [6.07, 6.45) is 8.64. The van der Waals surface area contributed by atoms with E-state index in [-0.39, 0.29) is 13.2 Å². The molecule has 0 fully saturated rings. The second kappa shape index (κ2) is 13.9. The van der Waals surface area contributed by atoms with Crippen LogP contribution in [0.1, 0.15) is 60.3 Å². The molecule has 0 bridgehead atoms. The molecule has 0 rings (SSSR count). The quantitative estimate of drug-likeness (QED) is 0.157. The maximum absolute atomic E-state index is 11.6. The zero-order valence-corrected chi connectivity index (χ0v) is 18.0. The molecule has 0 saturated heterocycles. The van der Waals surface area contributed by atoms with Crippen LogP contribution in [0, 0.1) is 0 Å². The number of esters is 1. The number of methoxy groups -OCH3 is 1. The maximum atomic E-state index is 11.6. The average molecular weight is 390 g/mol. The number of hydrogen-bond acceptors (Lipinski definition) is 6. The second-order valence-corrected chi connectivity index (χ2v) is 7.86. The van der Waals surface area contributed by atoms with Gasteiger partial charge < -0.3 is 0 Å². The molecule has 0 heterocycles. The summed E-state index contributed by atoms with van der Waals surface area (Å²) in [4.78, 5) is 22.0. The standard InChI is InChI=1S/C19H35O6P/c1-7-23-26(21,24-8-2)25-18(15-19(20)22-6)14-10-13-17(5)12-9-11-16(3)4/h11,13,15,21,26H,7-10,12,14H2,1-6H3/b17-13+,18-15-. The molecule has 0 saturated carbocycles. The van der Waals surface area contributed by atoms with Crippen LogP contribution in [0.15, 0.2) is 35.1 Å². The first kappa shape index (κ1) is 24.8. The molecule has 6 nitrogen and oxygen atoms in total. The van der Waals surface area contributed by atoms with Crippen LogP contribution in [0.5, 0.6) is 0 Å². The van der Waals surface area contributed by atoms with E-state index >= 15 is 0 Å². The molecule has 0 atom stereocenters. The molecule has 0 aromatic rings. The van der Waals surface area contributed by atoms with Gasteiger partial charge in [-0.1, -0.05) is 0 Å². The minimum atomic E-state index is -3.81. The Labute approximate surface area is 158 Å². The Kier molecular flexibility index (Phi) is 13.3. The number of allylic oxidation sites excluding steroid dienone is 5. The van der Waals surface area contributed by atoms with Gasteiger partial charge in [-0.05, 0) is 0 Å². The fourth-order valence-electron chi connectivity index (χ4n) is 2.13. The normalized spacial score (nSPS) is 13.3. The average Bonchev–Trinajstić information content (AvgIpc) is 2.54. The molecule has 0 aliphatic heterocycles. The molecular weight excluding hydrogens is 355 g/mol. The van der Waals surface area contributed by atoms with E-state index in [0.717, 1.165) is 12.8 Å². The Hall–Kier alpha value is -1.20. The first-order valence-corrected chi connectivity index (χ1v) is 10.7. The summed E-state index contributed by atoms with van der Waals surface area (Å²) in [5.74, 6) is -0.255. The Morgan fingerprint density at radius 3 is 2.08 bits per heavy atom. The van der Waals surface area contributed by atoms with E-state index in [1.54, 1.807) is 13.8 Å². The van der Waals surface area contributed by atoms with Gasteiger partial charge in [0.05, 0.1) is 0 Å². The van der Waals surface area contributed by atoms with Crippen molar-refractivity contribution < 1.29 is 28.0 Å². The van der Waals surface area contributed by atoms with Gasteiger partial charge in [0.1, 0.15) is 0 Å². The molecular formula is C19H35O6P. The van der Waals surface area contributed by atoms with Crippen LogP contribution >= 0.6 is 8.17 Å². The van der Waals surface area contributed by atoms with Crippen molar-refractivity contribution in [2.45, 2.75) is 60.3 Å². The summed E-state index contributed by atoms with van der Waals surface area (Å²) in [7, 11) is -2.52. The third-order valence-electron chi connectivity index (χ3n) is 3.37. The fourth-order valence-corrected chi connectivity index (χ4v) is 3.55. The number of hydrogen-bond donors (Lipinski definition) is 1. The van der Waals surface area contributed by atoms with Crippen molar-refractivity contribution in [1.29, 1.82) is 0 Å². The summed E-state index contributed by atoms with van der Waals surface area (Å²) >= 11 is 0. The van der Waals surface area contributed by atoms with Crippen molar-refractivity contribution in [3.8, 4) is 0 Å². The van der Waals surface area contributed by atoms with E-state index in [2.05, 4.69) is 37.7 Å². The van der Waals surface area contributed by atoms with Crippen molar-refractivity contribution in [1.82, 2.24) is 0 Å². The second-order valence-electron chi connectivity index (χ2n) is 6.04. The molecule has 0 aromatic carbocycles. The summed E-state index contributed by atoms with van der Waals surface area (Å²) in [6, 6.07) is 0. The molecule has 0 aromatic heterocycles. The van der Waals surface area contributed by atoms with E-state index in [1.807, 2.05) is 0 Å². The van der Waals surface area contributed by atoms with Crippen molar-refractivity contribution in [3.63, 3.8) is 0 Å². The molecule has 1 N–H and O–H groups in total. The SMILES string of the molecule is CCO[PH](O)(OCC)O/C(=C\C(=O)OC)CC/C=C(\C)CCC=C(C)C. The van der Waals surface area contributed by atoms with Gasteiger partial charge in [0.25, 0.3) is 0 Å². The van der Waals surface area contributed by atoms with E-state index in [4.69, 9.17) is 13.6 Å². The van der Waals surface area contributed by atoms with Gasteiger partial charge in [-0.2, -0.15) is 0 Å². The first-order valence-electron chi connectivity index (χ1n) is 9.03. The molecule has 0 amide bonds. The predicted octanol–water partition coefficient (Wildman–Crippen LogP) is 5.01. The summed E-state index contributed by atoms with van der Waals surface area (Å²) in [5.41, 5.74) is 2.58. The minimum absolute atomic E-state index is 0.248. The Morgan fingerprint density at radius 1 is 1.00 bits per heavy atom. The number of carbonyl (C=O) groups is 1. The zero-order chi connectivity index (χ0) is 20.0. The van der Waals surface area contributed by atoms with E-state index in [9.17, 15) is 9.69 Å². The third-order valence-corrected chi connectivity index (χ3v) is 5.20. The Morgan fingerprint density at radius 2 is 1.58 bits per heavy atom. The monoisotopic (exact) mass is 390 g/mol. The number of ether oxygens (including phenoxy) is 1. The fraction of sp³-hybridized carbons (Fsp3) is 0.632. The number of carbonyl (C=O) groups excluding carboxylic acids is 1. The molecule has 152 valence electrons. The van der Waals surface area contributed by atoms with Crippen molar-refractivity contribution in [3.05, 3.63) is 35.1 Å². The summed E-state index contributed by atoms with van der Waals surface area (Å²) in [5, 5.41) is 0. The summed E-state index contributed by atoms with van der Waals surface area (Å²) in [6.45, 7) is 10.2. The van der Waals surface area contributed by atoms with Gasteiger partial charge in [0, 0.05) is 0 Å². The van der Waals surface area contributed by atoms with Gasteiger partial charge in [-0.25, -0.2) is 0 Å². The molecule has 26 heavy (non-hydrogen) atoms. The van der Waals surface area contributed by atoms with Crippen LogP contribution in [-0.4, -0.2) is 31.2 Å². The van der Waals surface area contributed by atoms with Crippen LogP contribution < -0.4 is 0 Å². The first-order chi connectivity index (χ1) is 12.3. The zero-order valence-electron chi connectivity index (χ0n) is 17.0. The van der Waals surface area contributed by atoms with Crippen LogP contribution in [-0.2, 0) is 23.1 Å². The van der Waals surface area contributed by atoms with Crippen LogP contribution in [0.4, 0.5) is 0 Å². The van der Waals surface area contributed by atoms with Crippen molar-refractivity contribution >= 4 is 14.1 Å². The molecule has 0 aliphatic carbocycles. The van der Waals surface area contributed by atoms with E-state index in [1.165, 1.54) is 24.3 Å². The van der Waals surface area contributed by atoms with Crippen molar-refractivity contribution in [2.24, 2.45) is 0 Å². The molecule has 0 radical (unpaired) electrons. The Balaban J connectivity index is 4.92. The molecule has 0 spiro atoms. The molecule has 7 heteroatoms. The van der Waals surface area contributed by atoms with Crippen LogP contribution in [0.25, 0.3) is 0 Å². The van der Waals surface area contributed by atoms with Gasteiger partial charge in [-0.3, -0.25) is 0 Å². The van der Waals surface area contributed by atoms with Gasteiger partial charge >= 0.3 is 158 Å². The van der Waals surface area contributed by atoms with Gasteiger partial charge in [-0.15, -0.1) is 0 Å². The third kappa shape index (κ3) is 12.2. The van der Waals surface area contributed by atoms with E-state index in [0.29, 0.717) is 18.6 Å². The van der Waals surface area contributed by atoms with Gasteiger partial charge in [0.15, 0.2) is 0 Å². The molecule has 0 aliphatic rings. The van der Waals surface area contributed by atoms with E-state index < -0.39 is 14.1 Å². The Bertz CT molecular complexity index is 500. The van der Waals surface area contributed by atoms with Crippen LogP contribution in [0.3, 0.4) is 0 Å². The molecule has 0 unspecified atom stereocenters. The topological polar surface area (TPSA) is 74.2 Å². The summed E-state index contributed by atoms with van der Waals surface area (Å²) < 4.78 is 20.7. The van der Waals surface area contributed by atoms with Gasteiger partial charge in [0.2, 0.25) is 0 Å². The predicted molar refractivity (Wildman–Crippen MR) is 107 cm³/mol. The van der Waals surface area contributed by atoms with Crippen LogP contribution in [0.2, 0.25) is 0 Å². The number of rotatable bonds is 13. The van der Waals surface area contributed by atoms with Crippen molar-refractivity contribution in [2.75, 3.05) is 20.3 Å².